The summed E-state index contributed by atoms with van der Waals surface area (Å²) in [5.41, 5.74) is 6.34. The standard InChI is InChI=1S/C11H9ClN2O2S/c12-9-5-7(13)1-2-8(9)11(15)16-6-10-14-3-4-17-10/h1-5H,6,13H2. The summed E-state index contributed by atoms with van der Waals surface area (Å²) >= 11 is 7.32. The quantitative estimate of drug-likeness (QED) is 0.687. The maximum absolute atomic E-state index is 11.7. The molecule has 0 aliphatic rings. The van der Waals surface area contributed by atoms with Crippen molar-refractivity contribution in [3.05, 3.63) is 45.4 Å². The number of rotatable bonds is 3. The van der Waals surface area contributed by atoms with Crippen molar-refractivity contribution in [1.82, 2.24) is 4.98 Å². The third kappa shape index (κ3) is 2.95. The van der Waals surface area contributed by atoms with E-state index in [1.165, 1.54) is 17.4 Å². The first-order chi connectivity index (χ1) is 8.16. The van der Waals surface area contributed by atoms with Crippen LogP contribution in [-0.2, 0) is 11.3 Å². The summed E-state index contributed by atoms with van der Waals surface area (Å²) < 4.78 is 5.08. The number of ether oxygens (including phenoxy) is 1. The van der Waals surface area contributed by atoms with Gasteiger partial charge in [0, 0.05) is 17.3 Å². The second-order valence-electron chi connectivity index (χ2n) is 3.24. The maximum atomic E-state index is 11.7. The lowest BCUT2D eigenvalue weighted by molar-refractivity contribution is 0.0472. The lowest BCUT2D eigenvalue weighted by Gasteiger charge is -2.05. The fourth-order valence-corrected chi connectivity index (χ4v) is 2.02. The van der Waals surface area contributed by atoms with Crippen molar-refractivity contribution in [3.63, 3.8) is 0 Å². The highest BCUT2D eigenvalue weighted by molar-refractivity contribution is 7.09. The smallest absolute Gasteiger partial charge is 0.340 e. The highest BCUT2D eigenvalue weighted by Gasteiger charge is 2.12. The van der Waals surface area contributed by atoms with Crippen LogP contribution >= 0.6 is 22.9 Å². The minimum Gasteiger partial charge on any atom is -0.455 e. The number of anilines is 1. The van der Waals surface area contributed by atoms with Crippen LogP contribution in [0.2, 0.25) is 5.02 Å². The van der Waals surface area contributed by atoms with Gasteiger partial charge in [0.05, 0.1) is 10.6 Å². The summed E-state index contributed by atoms with van der Waals surface area (Å²) in [5, 5.41) is 2.85. The number of aromatic nitrogens is 1. The zero-order chi connectivity index (χ0) is 12.3. The second kappa shape index (κ2) is 5.16. The highest BCUT2D eigenvalue weighted by Crippen LogP contribution is 2.20. The molecule has 0 saturated heterocycles. The van der Waals surface area contributed by atoms with Crippen LogP contribution in [0.15, 0.2) is 29.8 Å². The van der Waals surface area contributed by atoms with Crippen molar-refractivity contribution >= 4 is 34.6 Å². The van der Waals surface area contributed by atoms with E-state index in [0.29, 0.717) is 11.3 Å². The fraction of sp³-hybridized carbons (Fsp3) is 0.0909. The van der Waals surface area contributed by atoms with Gasteiger partial charge >= 0.3 is 5.97 Å². The van der Waals surface area contributed by atoms with Crippen LogP contribution in [0, 0.1) is 0 Å². The van der Waals surface area contributed by atoms with Gasteiger partial charge in [0.2, 0.25) is 0 Å². The van der Waals surface area contributed by atoms with Crippen LogP contribution in [0.5, 0.6) is 0 Å². The molecule has 17 heavy (non-hydrogen) atoms. The number of nitrogens with two attached hydrogens (primary N) is 1. The van der Waals surface area contributed by atoms with E-state index < -0.39 is 5.97 Å². The van der Waals surface area contributed by atoms with Crippen LogP contribution in [0.25, 0.3) is 0 Å². The third-order valence-electron chi connectivity index (χ3n) is 2.02. The number of esters is 1. The minimum atomic E-state index is -0.481. The van der Waals surface area contributed by atoms with Gasteiger partial charge in [0.25, 0.3) is 0 Å². The number of benzene rings is 1. The normalized spacial score (nSPS) is 10.2. The molecule has 0 saturated carbocycles. The molecule has 0 aliphatic heterocycles. The monoisotopic (exact) mass is 268 g/mol. The molecule has 4 nitrogen and oxygen atoms in total. The average Bonchev–Trinajstić information content (AvgIpc) is 2.78. The van der Waals surface area contributed by atoms with Crippen LogP contribution in [0.1, 0.15) is 15.4 Å². The third-order valence-corrected chi connectivity index (χ3v) is 3.09. The number of hydrogen-bond donors (Lipinski definition) is 1. The number of carbonyl (C=O) groups excluding carboxylic acids is 1. The molecular formula is C11H9ClN2O2S. The molecule has 2 N–H and O–H groups in total. The topological polar surface area (TPSA) is 65.2 Å². The van der Waals surface area contributed by atoms with Crippen molar-refractivity contribution in [2.45, 2.75) is 6.61 Å². The van der Waals surface area contributed by atoms with Gasteiger partial charge in [-0.1, -0.05) is 11.6 Å². The molecule has 0 radical (unpaired) electrons. The van der Waals surface area contributed by atoms with Gasteiger partial charge in [-0.05, 0) is 18.2 Å². The Morgan fingerprint density at radius 2 is 2.35 bits per heavy atom. The Balaban J connectivity index is 2.04. The predicted octanol–water partition coefficient (Wildman–Crippen LogP) is 2.74. The molecule has 2 aromatic rings. The van der Waals surface area contributed by atoms with Crippen molar-refractivity contribution < 1.29 is 9.53 Å². The van der Waals surface area contributed by atoms with Crippen LogP contribution in [-0.4, -0.2) is 11.0 Å². The van der Waals surface area contributed by atoms with Gasteiger partial charge in [0.1, 0.15) is 11.6 Å². The number of carbonyl (C=O) groups is 1. The number of nitrogen functional groups attached to an aromatic ring is 1. The van der Waals surface area contributed by atoms with Crippen LogP contribution in [0.3, 0.4) is 0 Å². The van der Waals surface area contributed by atoms with E-state index in [0.717, 1.165) is 5.01 Å². The molecule has 2 rings (SSSR count). The minimum absolute atomic E-state index is 0.150. The van der Waals surface area contributed by atoms with E-state index in [4.69, 9.17) is 22.1 Å². The molecule has 0 amide bonds. The highest BCUT2D eigenvalue weighted by atomic mass is 35.5. The Kier molecular flexibility index (Phi) is 3.61. The largest absolute Gasteiger partial charge is 0.455 e. The van der Waals surface area contributed by atoms with E-state index in [-0.39, 0.29) is 11.6 Å². The van der Waals surface area contributed by atoms with E-state index >= 15 is 0 Å². The van der Waals surface area contributed by atoms with Gasteiger partial charge in [-0.15, -0.1) is 11.3 Å². The summed E-state index contributed by atoms with van der Waals surface area (Å²) in [7, 11) is 0. The first kappa shape index (κ1) is 11.9. The summed E-state index contributed by atoms with van der Waals surface area (Å²) in [6, 6.07) is 4.66. The molecule has 1 aromatic carbocycles. The van der Waals surface area contributed by atoms with E-state index in [2.05, 4.69) is 4.98 Å². The van der Waals surface area contributed by atoms with E-state index in [1.54, 1.807) is 18.3 Å². The van der Waals surface area contributed by atoms with Crippen molar-refractivity contribution in [2.24, 2.45) is 0 Å². The van der Waals surface area contributed by atoms with Crippen LogP contribution < -0.4 is 5.73 Å². The summed E-state index contributed by atoms with van der Waals surface area (Å²) in [6.45, 7) is 0.150. The van der Waals surface area contributed by atoms with E-state index in [1.807, 2.05) is 5.38 Å². The molecule has 1 heterocycles. The molecule has 0 atom stereocenters. The maximum Gasteiger partial charge on any atom is 0.340 e. The summed E-state index contributed by atoms with van der Waals surface area (Å²) in [4.78, 5) is 15.7. The Morgan fingerprint density at radius 3 is 3.00 bits per heavy atom. The zero-order valence-electron chi connectivity index (χ0n) is 8.72. The molecular weight excluding hydrogens is 260 g/mol. The molecule has 1 aromatic heterocycles. The zero-order valence-corrected chi connectivity index (χ0v) is 10.3. The van der Waals surface area contributed by atoms with Crippen molar-refractivity contribution in [1.29, 1.82) is 0 Å². The first-order valence-corrected chi connectivity index (χ1v) is 6.03. The molecule has 88 valence electrons. The summed E-state index contributed by atoms with van der Waals surface area (Å²) in [5.74, 6) is -0.481. The number of nitrogens with zero attached hydrogens (tertiary/aromatic N) is 1. The summed E-state index contributed by atoms with van der Waals surface area (Å²) in [6.07, 6.45) is 1.66. The number of hydrogen-bond acceptors (Lipinski definition) is 5. The van der Waals surface area contributed by atoms with E-state index in [9.17, 15) is 4.79 Å². The first-order valence-electron chi connectivity index (χ1n) is 4.77. The van der Waals surface area contributed by atoms with Crippen molar-refractivity contribution in [2.75, 3.05) is 5.73 Å². The predicted molar refractivity (Wildman–Crippen MR) is 67.1 cm³/mol. The van der Waals surface area contributed by atoms with Crippen molar-refractivity contribution in [3.8, 4) is 0 Å². The fourth-order valence-electron chi connectivity index (χ4n) is 1.23. The van der Waals surface area contributed by atoms with Crippen LogP contribution in [0.4, 0.5) is 5.69 Å². The lowest BCUT2D eigenvalue weighted by atomic mass is 10.2. The average molecular weight is 269 g/mol. The number of thiazole rings is 1. The molecule has 6 heteroatoms. The Bertz CT molecular complexity index is 528. The van der Waals surface area contributed by atoms with Gasteiger partial charge in [-0.2, -0.15) is 0 Å². The molecule has 0 spiro atoms. The Morgan fingerprint density at radius 1 is 1.53 bits per heavy atom. The Hall–Kier alpha value is -1.59. The van der Waals surface area contributed by atoms with Gasteiger partial charge < -0.3 is 10.5 Å². The van der Waals surface area contributed by atoms with Gasteiger partial charge in [-0.25, -0.2) is 9.78 Å². The van der Waals surface area contributed by atoms with Gasteiger partial charge in [-0.3, -0.25) is 0 Å². The Labute approximate surface area is 107 Å². The molecule has 0 unspecified atom stereocenters. The molecule has 0 aliphatic carbocycles. The number of halogens is 1. The lowest BCUT2D eigenvalue weighted by Crippen LogP contribution is -2.06. The molecule has 0 bridgehead atoms. The second-order valence-corrected chi connectivity index (χ2v) is 4.63. The molecule has 0 fully saturated rings. The van der Waals surface area contributed by atoms with Gasteiger partial charge in [0.15, 0.2) is 0 Å². The SMILES string of the molecule is Nc1ccc(C(=O)OCc2nccs2)c(Cl)c1.